The molecule has 3 aromatic rings. The molecular weight excluding hydrogens is 396 g/mol. The third kappa shape index (κ3) is 4.09. The van der Waals surface area contributed by atoms with E-state index in [1.54, 1.807) is 31.2 Å². The zero-order valence-electron chi connectivity index (χ0n) is 17.5. The highest BCUT2D eigenvalue weighted by atomic mass is 16.5. The van der Waals surface area contributed by atoms with Gasteiger partial charge in [-0.1, -0.05) is 24.3 Å². The number of fused-ring (bicyclic) bond motifs is 1. The lowest BCUT2D eigenvalue weighted by Gasteiger charge is -2.25. The third-order valence-electron chi connectivity index (χ3n) is 5.16. The first-order valence-electron chi connectivity index (χ1n) is 10.0. The lowest BCUT2D eigenvalue weighted by molar-refractivity contribution is -0.140. The van der Waals surface area contributed by atoms with Gasteiger partial charge < -0.3 is 9.72 Å². The number of hydrogen-bond acceptors (Lipinski definition) is 6. The van der Waals surface area contributed by atoms with E-state index in [0.29, 0.717) is 16.6 Å². The maximum atomic E-state index is 12.8. The van der Waals surface area contributed by atoms with Gasteiger partial charge in [0, 0.05) is 12.8 Å². The van der Waals surface area contributed by atoms with Gasteiger partial charge in [0.2, 0.25) is 5.91 Å². The van der Waals surface area contributed by atoms with Crippen LogP contribution in [0, 0.1) is 13.8 Å². The van der Waals surface area contributed by atoms with Gasteiger partial charge in [-0.3, -0.25) is 9.59 Å². The summed E-state index contributed by atoms with van der Waals surface area (Å²) in [5.74, 6) is -0.583. The number of H-pyrrole nitrogens is 1. The highest BCUT2D eigenvalue weighted by Crippen LogP contribution is 2.26. The second kappa shape index (κ2) is 8.14. The van der Waals surface area contributed by atoms with E-state index in [4.69, 9.17) is 4.74 Å². The number of aryl methyl sites for hydroxylation is 2. The number of rotatable bonds is 4. The molecule has 0 radical (unpaired) electrons. The Balaban J connectivity index is 1.58. The molecule has 0 spiro atoms. The summed E-state index contributed by atoms with van der Waals surface area (Å²) in [4.78, 5) is 44.5. The molecule has 0 aliphatic carbocycles. The molecule has 4 rings (SSSR count). The molecule has 0 saturated heterocycles. The van der Waals surface area contributed by atoms with Crippen LogP contribution in [0.1, 0.15) is 42.8 Å². The number of nitrogens with zero attached hydrogens (tertiary/aromatic N) is 3. The smallest absolute Gasteiger partial charge is 0.355 e. The van der Waals surface area contributed by atoms with Crippen molar-refractivity contribution in [1.29, 1.82) is 0 Å². The summed E-state index contributed by atoms with van der Waals surface area (Å²) in [7, 11) is 0. The van der Waals surface area contributed by atoms with Gasteiger partial charge in [-0.15, -0.1) is 0 Å². The van der Waals surface area contributed by atoms with Gasteiger partial charge in [-0.25, -0.2) is 9.78 Å². The molecule has 1 aliphatic rings. The van der Waals surface area contributed by atoms with Crippen molar-refractivity contribution in [1.82, 2.24) is 9.97 Å². The van der Waals surface area contributed by atoms with Crippen LogP contribution >= 0.6 is 0 Å². The number of amides is 1. The molecule has 1 amide bonds. The summed E-state index contributed by atoms with van der Waals surface area (Å²) >= 11 is 0. The fourth-order valence-electron chi connectivity index (χ4n) is 3.42. The zero-order chi connectivity index (χ0) is 22.1. The molecule has 158 valence electrons. The topological polar surface area (TPSA) is 105 Å². The van der Waals surface area contributed by atoms with E-state index >= 15 is 0 Å². The molecule has 2 aromatic carbocycles. The first kappa shape index (κ1) is 20.5. The van der Waals surface area contributed by atoms with Crippen LogP contribution in [0.3, 0.4) is 0 Å². The van der Waals surface area contributed by atoms with E-state index in [1.807, 2.05) is 32.0 Å². The second-order valence-corrected chi connectivity index (χ2v) is 7.56. The van der Waals surface area contributed by atoms with Crippen molar-refractivity contribution in [3.8, 4) is 0 Å². The summed E-state index contributed by atoms with van der Waals surface area (Å²) in [6.45, 7) is 5.44. The molecule has 2 heterocycles. The lowest BCUT2D eigenvalue weighted by Crippen LogP contribution is -2.35. The fraction of sp³-hybridized carbons (Fsp3) is 0.261. The summed E-state index contributed by atoms with van der Waals surface area (Å²) < 4.78 is 5.51. The molecule has 1 aromatic heterocycles. The molecule has 0 fully saturated rings. The average molecular weight is 418 g/mol. The Bertz CT molecular complexity index is 1280. The molecule has 8 nitrogen and oxygen atoms in total. The lowest BCUT2D eigenvalue weighted by atomic mass is 10.1. The number of esters is 1. The number of hydrogen-bond donors (Lipinski definition) is 1. The Morgan fingerprint density at radius 1 is 1.13 bits per heavy atom. The predicted molar refractivity (Wildman–Crippen MR) is 117 cm³/mol. The predicted octanol–water partition coefficient (Wildman–Crippen LogP) is 3.33. The first-order valence-corrected chi connectivity index (χ1v) is 10.0. The summed E-state index contributed by atoms with van der Waals surface area (Å²) in [5, 5.41) is 6.01. The Morgan fingerprint density at radius 2 is 1.90 bits per heavy atom. The van der Waals surface area contributed by atoms with Crippen LogP contribution in [0.15, 0.2) is 52.4 Å². The number of carbonyl (C=O) groups is 2. The molecule has 1 aliphatic heterocycles. The van der Waals surface area contributed by atoms with Crippen LogP contribution < -0.4 is 10.6 Å². The molecule has 1 atom stereocenters. The highest BCUT2D eigenvalue weighted by molar-refractivity contribution is 6.38. The summed E-state index contributed by atoms with van der Waals surface area (Å²) in [6.07, 6.45) is -0.451. The molecule has 31 heavy (non-hydrogen) atoms. The van der Waals surface area contributed by atoms with E-state index in [2.05, 4.69) is 15.1 Å². The van der Waals surface area contributed by atoms with Gasteiger partial charge in [0.05, 0.1) is 16.6 Å². The van der Waals surface area contributed by atoms with Crippen LogP contribution in [0.5, 0.6) is 0 Å². The number of ether oxygens (including phenoxy) is 1. The number of nitrogens with one attached hydrogen (secondary N) is 1. The molecular formula is C23H22N4O4. The number of benzene rings is 2. The van der Waals surface area contributed by atoms with Gasteiger partial charge >= 0.3 is 5.97 Å². The van der Waals surface area contributed by atoms with E-state index in [1.165, 1.54) is 5.01 Å². The second-order valence-electron chi connectivity index (χ2n) is 7.56. The van der Waals surface area contributed by atoms with Crippen LogP contribution in [0.4, 0.5) is 5.69 Å². The first-order chi connectivity index (χ1) is 14.8. The van der Waals surface area contributed by atoms with Gasteiger partial charge in [0.1, 0.15) is 5.71 Å². The van der Waals surface area contributed by atoms with E-state index in [-0.39, 0.29) is 35.8 Å². The van der Waals surface area contributed by atoms with Crippen molar-refractivity contribution < 1.29 is 14.3 Å². The molecule has 8 heteroatoms. The number of anilines is 1. The number of para-hydroxylation sites is 1. The minimum atomic E-state index is -0.792. The van der Waals surface area contributed by atoms with Gasteiger partial charge in [0.15, 0.2) is 11.9 Å². The van der Waals surface area contributed by atoms with E-state index in [9.17, 15) is 14.4 Å². The fourth-order valence-corrected chi connectivity index (χ4v) is 3.42. The quantitative estimate of drug-likeness (QED) is 0.655. The standard InChI is InChI=1S/C23H22N4O4/c1-13-8-9-14(2)19(12-13)27-20(28)11-10-18(26-27)23(30)31-15(3)21-24-17-7-5-4-6-16(17)22(29)25-21/h4-9,12,15H,10-11H2,1-3H3,(H,24,25,29)/t15-/m1/s1. The maximum absolute atomic E-state index is 12.8. The molecule has 0 unspecified atom stereocenters. The minimum Gasteiger partial charge on any atom is -0.450 e. The highest BCUT2D eigenvalue weighted by Gasteiger charge is 2.28. The van der Waals surface area contributed by atoms with Crippen LogP contribution in [-0.4, -0.2) is 27.6 Å². The number of carbonyl (C=O) groups excluding carboxylic acids is 2. The Kier molecular flexibility index (Phi) is 5.37. The SMILES string of the molecule is Cc1ccc(C)c(N2N=C(C(=O)O[C@H](C)c3nc4ccccc4c(=O)[nH]3)CCC2=O)c1. The summed E-state index contributed by atoms with van der Waals surface area (Å²) in [5.41, 5.74) is 2.87. The normalized spacial score (nSPS) is 15.0. The van der Waals surface area contributed by atoms with Crippen LogP contribution in [0.2, 0.25) is 0 Å². The largest absolute Gasteiger partial charge is 0.450 e. The van der Waals surface area contributed by atoms with Gasteiger partial charge in [-0.05, 0) is 50.1 Å². The van der Waals surface area contributed by atoms with Crippen molar-refractivity contribution in [2.45, 2.75) is 39.7 Å². The van der Waals surface area contributed by atoms with Crippen LogP contribution in [-0.2, 0) is 14.3 Å². The number of hydrazone groups is 1. The van der Waals surface area contributed by atoms with Crippen molar-refractivity contribution in [2.24, 2.45) is 5.10 Å². The van der Waals surface area contributed by atoms with Crippen molar-refractivity contribution in [2.75, 3.05) is 5.01 Å². The Hall–Kier alpha value is -3.81. The third-order valence-corrected chi connectivity index (χ3v) is 5.16. The number of aromatic nitrogens is 2. The molecule has 1 N–H and O–H groups in total. The molecule has 0 saturated carbocycles. The molecule has 0 bridgehead atoms. The maximum Gasteiger partial charge on any atom is 0.355 e. The van der Waals surface area contributed by atoms with Gasteiger partial charge in [-0.2, -0.15) is 10.1 Å². The van der Waals surface area contributed by atoms with Crippen molar-refractivity contribution in [3.05, 3.63) is 69.8 Å². The van der Waals surface area contributed by atoms with E-state index < -0.39 is 12.1 Å². The van der Waals surface area contributed by atoms with E-state index in [0.717, 1.165) is 11.1 Å². The minimum absolute atomic E-state index is 0.149. The Labute approximate surface area is 178 Å². The summed E-state index contributed by atoms with van der Waals surface area (Å²) in [6, 6.07) is 12.7. The number of aromatic amines is 1. The zero-order valence-corrected chi connectivity index (χ0v) is 17.5. The average Bonchev–Trinajstić information content (AvgIpc) is 2.75. The monoisotopic (exact) mass is 418 g/mol. The van der Waals surface area contributed by atoms with Crippen molar-refractivity contribution >= 4 is 34.2 Å². The van der Waals surface area contributed by atoms with Gasteiger partial charge in [0.25, 0.3) is 5.56 Å². The van der Waals surface area contributed by atoms with Crippen LogP contribution in [0.25, 0.3) is 10.9 Å². The Morgan fingerprint density at radius 3 is 2.71 bits per heavy atom. The van der Waals surface area contributed by atoms with Crippen molar-refractivity contribution in [3.63, 3.8) is 0 Å².